The first-order valence-electron chi connectivity index (χ1n) is 6.20. The molecule has 6 nitrogen and oxygen atoms in total. The van der Waals surface area contributed by atoms with Crippen LogP contribution in [0.5, 0.6) is 0 Å². The Kier molecular flexibility index (Phi) is 4.22. The molecule has 108 valence electrons. The molecule has 6 heteroatoms. The minimum Gasteiger partial charge on any atom is -0.468 e. The smallest absolute Gasteiger partial charge is 0.410 e. The predicted octanol–water partition coefficient (Wildman–Crippen LogP) is 1.38. The average Bonchev–Trinajstić information content (AvgIpc) is 2.29. The third kappa shape index (κ3) is 3.45. The fraction of sp³-hybridized carbons (Fsp3) is 0.769. The molecular formula is C13H21NO5. The molecule has 1 aliphatic heterocycles. The number of ether oxygens (including phenoxy) is 2. The monoisotopic (exact) mass is 271 g/mol. The lowest BCUT2D eigenvalue weighted by Crippen LogP contribution is -2.54. The second kappa shape index (κ2) is 5.19. The number of amides is 1. The van der Waals surface area contributed by atoms with E-state index in [2.05, 4.69) is 4.74 Å². The third-order valence-electron chi connectivity index (χ3n) is 3.02. The highest BCUT2D eigenvalue weighted by Crippen LogP contribution is 2.28. The van der Waals surface area contributed by atoms with Crippen molar-refractivity contribution in [1.29, 1.82) is 0 Å². The number of ketones is 1. The van der Waals surface area contributed by atoms with Crippen molar-refractivity contribution in [3.63, 3.8) is 0 Å². The van der Waals surface area contributed by atoms with Crippen LogP contribution in [-0.2, 0) is 19.1 Å². The van der Waals surface area contributed by atoms with Crippen molar-refractivity contribution in [2.75, 3.05) is 20.2 Å². The summed E-state index contributed by atoms with van der Waals surface area (Å²) in [6.45, 7) is 7.05. The van der Waals surface area contributed by atoms with Crippen LogP contribution in [0.2, 0.25) is 0 Å². The summed E-state index contributed by atoms with van der Waals surface area (Å²) < 4.78 is 9.90. The van der Waals surface area contributed by atoms with E-state index in [1.165, 1.54) is 18.9 Å². The zero-order valence-electron chi connectivity index (χ0n) is 12.1. The molecule has 1 saturated heterocycles. The molecule has 0 saturated carbocycles. The van der Waals surface area contributed by atoms with E-state index in [4.69, 9.17) is 4.74 Å². The molecule has 1 fully saturated rings. The maximum absolute atomic E-state index is 12.0. The summed E-state index contributed by atoms with van der Waals surface area (Å²) in [6, 6.07) is 0. The molecule has 1 rings (SSSR count). The van der Waals surface area contributed by atoms with Crippen LogP contribution in [0.25, 0.3) is 0 Å². The summed E-state index contributed by atoms with van der Waals surface area (Å²) in [5.41, 5.74) is -1.91. The number of rotatable bonds is 1. The number of methoxy groups -OCH3 is 1. The number of hydrogen-bond acceptors (Lipinski definition) is 5. The van der Waals surface area contributed by atoms with E-state index in [9.17, 15) is 14.4 Å². The molecule has 1 aliphatic rings. The second-order valence-corrected chi connectivity index (χ2v) is 5.90. The molecule has 1 heterocycles. The fourth-order valence-corrected chi connectivity index (χ4v) is 1.95. The van der Waals surface area contributed by atoms with E-state index in [1.807, 2.05) is 0 Å². The average molecular weight is 271 g/mol. The summed E-state index contributed by atoms with van der Waals surface area (Å²) >= 11 is 0. The van der Waals surface area contributed by atoms with Crippen LogP contribution in [0.4, 0.5) is 4.79 Å². The Morgan fingerprint density at radius 1 is 1.32 bits per heavy atom. The Morgan fingerprint density at radius 3 is 2.37 bits per heavy atom. The number of likely N-dealkylation sites (tertiary alicyclic amines) is 1. The molecule has 0 aromatic rings. The largest absolute Gasteiger partial charge is 0.468 e. The molecule has 0 aliphatic carbocycles. The van der Waals surface area contributed by atoms with Crippen LogP contribution in [0.3, 0.4) is 0 Å². The number of carbonyl (C=O) groups is 3. The molecular weight excluding hydrogens is 250 g/mol. The van der Waals surface area contributed by atoms with Crippen molar-refractivity contribution in [2.24, 2.45) is 5.41 Å². The molecule has 0 bridgehead atoms. The molecule has 0 unspecified atom stereocenters. The molecule has 1 atom stereocenters. The van der Waals surface area contributed by atoms with Crippen molar-refractivity contribution in [1.82, 2.24) is 4.90 Å². The Bertz CT molecular complexity index is 388. The number of esters is 1. The van der Waals surface area contributed by atoms with Gasteiger partial charge in [0.1, 0.15) is 11.0 Å². The van der Waals surface area contributed by atoms with Gasteiger partial charge in [-0.2, -0.15) is 0 Å². The highest BCUT2D eigenvalue weighted by molar-refractivity contribution is 6.04. The van der Waals surface area contributed by atoms with Crippen LogP contribution >= 0.6 is 0 Å². The lowest BCUT2D eigenvalue weighted by Gasteiger charge is -2.37. The molecule has 1 amide bonds. The van der Waals surface area contributed by atoms with E-state index in [0.29, 0.717) is 0 Å². The lowest BCUT2D eigenvalue weighted by molar-refractivity contribution is -0.160. The lowest BCUT2D eigenvalue weighted by atomic mass is 9.81. The Balaban J connectivity index is 2.83. The van der Waals surface area contributed by atoms with Gasteiger partial charge in [0.05, 0.1) is 7.11 Å². The van der Waals surface area contributed by atoms with Gasteiger partial charge in [0, 0.05) is 19.5 Å². The van der Waals surface area contributed by atoms with Crippen LogP contribution in [0, 0.1) is 5.41 Å². The standard InChI is InChI=1S/C13H21NO5/c1-12(2,3)19-11(17)14-7-6-9(15)13(4,8-14)10(16)18-5/h6-8H2,1-5H3/t13-/m0/s1. The van der Waals surface area contributed by atoms with Crippen LogP contribution < -0.4 is 0 Å². The van der Waals surface area contributed by atoms with Crippen molar-refractivity contribution in [3.8, 4) is 0 Å². The summed E-state index contributed by atoms with van der Waals surface area (Å²) in [5.74, 6) is -0.829. The van der Waals surface area contributed by atoms with Crippen molar-refractivity contribution < 1.29 is 23.9 Å². The van der Waals surface area contributed by atoms with E-state index < -0.39 is 23.1 Å². The maximum atomic E-state index is 12.0. The van der Waals surface area contributed by atoms with Gasteiger partial charge in [-0.15, -0.1) is 0 Å². The number of nitrogens with zero attached hydrogens (tertiary/aromatic N) is 1. The number of hydrogen-bond donors (Lipinski definition) is 0. The predicted molar refractivity (Wildman–Crippen MR) is 67.6 cm³/mol. The van der Waals surface area contributed by atoms with Crippen molar-refractivity contribution >= 4 is 17.8 Å². The highest BCUT2D eigenvalue weighted by atomic mass is 16.6. The first-order chi connectivity index (χ1) is 8.60. The van der Waals surface area contributed by atoms with Gasteiger partial charge in [-0.25, -0.2) is 4.79 Å². The molecule has 0 aromatic heterocycles. The molecule has 0 radical (unpaired) electrons. The number of carbonyl (C=O) groups excluding carboxylic acids is 3. The van der Waals surface area contributed by atoms with Gasteiger partial charge in [0.25, 0.3) is 0 Å². The third-order valence-corrected chi connectivity index (χ3v) is 3.02. The summed E-state index contributed by atoms with van der Waals surface area (Å²) in [5, 5.41) is 0. The number of Topliss-reactive ketones (excluding diaryl/α,β-unsaturated/α-hetero) is 1. The topological polar surface area (TPSA) is 72.9 Å². The molecule has 0 aromatic carbocycles. The second-order valence-electron chi connectivity index (χ2n) is 5.90. The van der Waals surface area contributed by atoms with Gasteiger partial charge in [0.15, 0.2) is 5.78 Å². The van der Waals surface area contributed by atoms with E-state index >= 15 is 0 Å². The van der Waals surface area contributed by atoms with Gasteiger partial charge in [-0.3, -0.25) is 9.59 Å². The van der Waals surface area contributed by atoms with E-state index in [0.717, 1.165) is 0 Å². The highest BCUT2D eigenvalue weighted by Gasteiger charge is 2.47. The van der Waals surface area contributed by atoms with Gasteiger partial charge in [-0.1, -0.05) is 0 Å². The van der Waals surface area contributed by atoms with Gasteiger partial charge in [-0.05, 0) is 27.7 Å². The SMILES string of the molecule is COC(=O)[C@@]1(C)CN(C(=O)OC(C)(C)C)CCC1=O. The molecule has 0 N–H and O–H groups in total. The zero-order valence-corrected chi connectivity index (χ0v) is 12.1. The van der Waals surface area contributed by atoms with Crippen LogP contribution in [-0.4, -0.2) is 48.5 Å². The summed E-state index contributed by atoms with van der Waals surface area (Å²) in [7, 11) is 1.23. The van der Waals surface area contributed by atoms with Gasteiger partial charge < -0.3 is 14.4 Å². The Labute approximate surface area is 113 Å². The van der Waals surface area contributed by atoms with Gasteiger partial charge in [0.2, 0.25) is 0 Å². The first kappa shape index (κ1) is 15.5. The first-order valence-corrected chi connectivity index (χ1v) is 6.20. The zero-order chi connectivity index (χ0) is 14.8. The van der Waals surface area contributed by atoms with E-state index in [-0.39, 0.29) is 25.3 Å². The fourth-order valence-electron chi connectivity index (χ4n) is 1.95. The minimum absolute atomic E-state index is 0.00653. The van der Waals surface area contributed by atoms with Crippen molar-refractivity contribution in [2.45, 2.75) is 39.7 Å². The summed E-state index contributed by atoms with van der Waals surface area (Å²) in [4.78, 5) is 37.0. The van der Waals surface area contributed by atoms with E-state index in [1.54, 1.807) is 20.8 Å². The normalized spacial score (nSPS) is 24.1. The maximum Gasteiger partial charge on any atom is 0.410 e. The van der Waals surface area contributed by atoms with Crippen LogP contribution in [0.15, 0.2) is 0 Å². The Hall–Kier alpha value is -1.59. The summed E-state index contributed by atoms with van der Waals surface area (Å²) in [6.07, 6.45) is -0.389. The van der Waals surface area contributed by atoms with Gasteiger partial charge >= 0.3 is 12.1 Å². The number of piperidine rings is 1. The molecule has 0 spiro atoms. The quantitative estimate of drug-likeness (QED) is 0.532. The molecule has 19 heavy (non-hydrogen) atoms. The van der Waals surface area contributed by atoms with Crippen molar-refractivity contribution in [3.05, 3.63) is 0 Å². The Morgan fingerprint density at radius 2 is 1.89 bits per heavy atom. The minimum atomic E-state index is -1.30. The van der Waals surface area contributed by atoms with Crippen LogP contribution in [0.1, 0.15) is 34.1 Å².